The maximum absolute atomic E-state index is 12.3. The van der Waals surface area contributed by atoms with Crippen molar-refractivity contribution in [3.8, 4) is 11.5 Å². The van der Waals surface area contributed by atoms with Crippen LogP contribution in [0.4, 0.5) is 0 Å². The summed E-state index contributed by atoms with van der Waals surface area (Å²) in [5, 5.41) is 0. The summed E-state index contributed by atoms with van der Waals surface area (Å²) in [6.07, 6.45) is 0.784. The van der Waals surface area contributed by atoms with E-state index in [1.807, 2.05) is 48.5 Å². The van der Waals surface area contributed by atoms with Gasteiger partial charge in [-0.15, -0.1) is 0 Å². The summed E-state index contributed by atoms with van der Waals surface area (Å²) in [7, 11) is 0. The molecule has 0 fully saturated rings. The molecule has 2 amide bonds. The van der Waals surface area contributed by atoms with Crippen molar-refractivity contribution >= 4 is 27.7 Å². The molecule has 30 heavy (non-hydrogen) atoms. The van der Waals surface area contributed by atoms with Crippen LogP contribution in [0.1, 0.15) is 15.9 Å². The summed E-state index contributed by atoms with van der Waals surface area (Å²) in [4.78, 5) is 24.1. The lowest BCUT2D eigenvalue weighted by Crippen LogP contribution is -2.43. The predicted molar refractivity (Wildman–Crippen MR) is 117 cm³/mol. The van der Waals surface area contributed by atoms with Gasteiger partial charge in [0.1, 0.15) is 11.5 Å². The molecule has 0 saturated carbocycles. The van der Waals surface area contributed by atoms with Gasteiger partial charge in [0.15, 0.2) is 6.61 Å². The Balaban J connectivity index is 1.44. The topological polar surface area (TPSA) is 76.7 Å². The van der Waals surface area contributed by atoms with Crippen molar-refractivity contribution in [2.75, 3.05) is 13.2 Å². The molecule has 154 valence electrons. The quantitative estimate of drug-likeness (QED) is 0.491. The van der Waals surface area contributed by atoms with E-state index in [4.69, 9.17) is 9.47 Å². The first kappa shape index (κ1) is 21.4. The normalized spacial score (nSPS) is 10.2. The highest BCUT2D eigenvalue weighted by Gasteiger charge is 2.11. The van der Waals surface area contributed by atoms with Crippen LogP contribution in [0.2, 0.25) is 0 Å². The van der Waals surface area contributed by atoms with Crippen LogP contribution in [-0.4, -0.2) is 25.0 Å². The second-order valence-electron chi connectivity index (χ2n) is 6.33. The molecule has 0 aliphatic rings. The summed E-state index contributed by atoms with van der Waals surface area (Å²) in [5.41, 5.74) is 6.26. The van der Waals surface area contributed by atoms with E-state index in [0.29, 0.717) is 28.1 Å². The minimum absolute atomic E-state index is 0.206. The number of hydrogen-bond acceptors (Lipinski definition) is 4. The van der Waals surface area contributed by atoms with Gasteiger partial charge in [-0.05, 0) is 51.8 Å². The van der Waals surface area contributed by atoms with E-state index < -0.39 is 11.8 Å². The molecule has 0 heterocycles. The fraction of sp³-hybridized carbons (Fsp3) is 0.130. The van der Waals surface area contributed by atoms with Gasteiger partial charge in [0.05, 0.1) is 11.1 Å². The minimum Gasteiger partial charge on any atom is -0.492 e. The van der Waals surface area contributed by atoms with Crippen molar-refractivity contribution in [3.05, 3.63) is 94.5 Å². The van der Waals surface area contributed by atoms with Crippen LogP contribution in [0.3, 0.4) is 0 Å². The third-order valence-electron chi connectivity index (χ3n) is 4.11. The average molecular weight is 469 g/mol. The van der Waals surface area contributed by atoms with Crippen molar-refractivity contribution in [1.82, 2.24) is 10.9 Å². The Morgan fingerprint density at radius 3 is 2.23 bits per heavy atom. The smallest absolute Gasteiger partial charge is 0.276 e. The van der Waals surface area contributed by atoms with Gasteiger partial charge < -0.3 is 9.47 Å². The number of ether oxygens (including phenoxy) is 2. The monoisotopic (exact) mass is 468 g/mol. The first-order valence-electron chi connectivity index (χ1n) is 9.35. The zero-order valence-corrected chi connectivity index (χ0v) is 17.7. The molecule has 7 heteroatoms. The van der Waals surface area contributed by atoms with Gasteiger partial charge in [0.2, 0.25) is 0 Å². The summed E-state index contributed by atoms with van der Waals surface area (Å²) in [5.74, 6) is 0.306. The van der Waals surface area contributed by atoms with Gasteiger partial charge in [-0.2, -0.15) is 0 Å². The molecule has 0 spiro atoms. The fourth-order valence-corrected chi connectivity index (χ4v) is 3.08. The maximum Gasteiger partial charge on any atom is 0.276 e. The van der Waals surface area contributed by atoms with Gasteiger partial charge in [0.25, 0.3) is 11.8 Å². The number of hydrazine groups is 1. The SMILES string of the molecule is O=C(COc1ccccc1)NNC(=O)c1ccc(OCCc2ccccc2)c(Br)c1. The molecule has 0 radical (unpaired) electrons. The molecule has 2 N–H and O–H groups in total. The van der Waals surface area contributed by atoms with Gasteiger partial charge in [-0.1, -0.05) is 48.5 Å². The summed E-state index contributed by atoms with van der Waals surface area (Å²) in [6, 6.07) is 24.0. The standard InChI is InChI=1S/C23H21BrN2O4/c24-20-15-18(11-12-21(20)29-14-13-17-7-3-1-4-8-17)23(28)26-25-22(27)16-30-19-9-5-2-6-10-19/h1-12,15H,13-14,16H2,(H,25,27)(H,26,28). The Morgan fingerprint density at radius 2 is 1.53 bits per heavy atom. The van der Waals surface area contributed by atoms with Gasteiger partial charge >= 0.3 is 0 Å². The number of nitrogens with one attached hydrogen (secondary N) is 2. The van der Waals surface area contributed by atoms with Gasteiger partial charge in [-0.3, -0.25) is 20.4 Å². The largest absolute Gasteiger partial charge is 0.492 e. The molecule has 0 atom stereocenters. The van der Waals surface area contributed by atoms with E-state index in [2.05, 4.69) is 26.8 Å². The first-order valence-corrected chi connectivity index (χ1v) is 10.1. The number of hydrogen-bond donors (Lipinski definition) is 2. The maximum atomic E-state index is 12.3. The number of rotatable bonds is 8. The Hall–Kier alpha value is -3.32. The van der Waals surface area contributed by atoms with E-state index in [9.17, 15) is 9.59 Å². The van der Waals surface area contributed by atoms with Crippen molar-refractivity contribution in [2.24, 2.45) is 0 Å². The molecule has 0 saturated heterocycles. The predicted octanol–water partition coefficient (Wildman–Crippen LogP) is 3.91. The second-order valence-corrected chi connectivity index (χ2v) is 7.19. The Morgan fingerprint density at radius 1 is 0.833 bits per heavy atom. The minimum atomic E-state index is -0.466. The molecule has 0 aliphatic heterocycles. The van der Waals surface area contributed by atoms with Crippen LogP contribution >= 0.6 is 15.9 Å². The van der Waals surface area contributed by atoms with E-state index in [-0.39, 0.29) is 6.61 Å². The van der Waals surface area contributed by atoms with Gasteiger partial charge in [0, 0.05) is 12.0 Å². The molecule has 0 aliphatic carbocycles. The first-order chi connectivity index (χ1) is 14.6. The van der Waals surface area contributed by atoms with E-state index >= 15 is 0 Å². The lowest BCUT2D eigenvalue weighted by Gasteiger charge is -2.11. The number of carbonyl (C=O) groups is 2. The van der Waals surface area contributed by atoms with E-state index in [1.165, 1.54) is 5.56 Å². The molecule has 0 unspecified atom stereocenters. The lowest BCUT2D eigenvalue weighted by molar-refractivity contribution is -0.123. The lowest BCUT2D eigenvalue weighted by atomic mass is 10.2. The van der Waals surface area contributed by atoms with E-state index in [0.717, 1.165) is 6.42 Å². The Labute approximate surface area is 183 Å². The van der Waals surface area contributed by atoms with Crippen molar-refractivity contribution in [2.45, 2.75) is 6.42 Å². The van der Waals surface area contributed by atoms with Crippen LogP contribution in [-0.2, 0) is 11.2 Å². The van der Waals surface area contributed by atoms with Crippen LogP contribution < -0.4 is 20.3 Å². The fourth-order valence-electron chi connectivity index (χ4n) is 2.58. The third-order valence-corrected chi connectivity index (χ3v) is 4.73. The zero-order valence-electron chi connectivity index (χ0n) is 16.1. The van der Waals surface area contributed by atoms with Crippen LogP contribution in [0.15, 0.2) is 83.3 Å². The Kier molecular flexibility index (Phi) is 7.86. The average Bonchev–Trinajstić information content (AvgIpc) is 2.78. The van der Waals surface area contributed by atoms with Crippen LogP contribution in [0, 0.1) is 0 Å². The molecular formula is C23H21BrN2O4. The second kappa shape index (κ2) is 11.0. The highest BCUT2D eigenvalue weighted by molar-refractivity contribution is 9.10. The highest BCUT2D eigenvalue weighted by Crippen LogP contribution is 2.26. The number of carbonyl (C=O) groups excluding carboxylic acids is 2. The van der Waals surface area contributed by atoms with E-state index in [1.54, 1.807) is 30.3 Å². The summed E-state index contributed by atoms with van der Waals surface area (Å²) < 4.78 is 11.8. The molecule has 0 aromatic heterocycles. The summed E-state index contributed by atoms with van der Waals surface area (Å²) in [6.45, 7) is 0.313. The number of halogens is 1. The number of benzene rings is 3. The third kappa shape index (κ3) is 6.63. The van der Waals surface area contributed by atoms with Crippen molar-refractivity contribution < 1.29 is 19.1 Å². The van der Waals surface area contributed by atoms with Crippen LogP contribution in [0.5, 0.6) is 11.5 Å². The Bertz CT molecular complexity index is 981. The molecule has 6 nitrogen and oxygen atoms in total. The molecular weight excluding hydrogens is 448 g/mol. The number of para-hydroxylation sites is 1. The zero-order chi connectivity index (χ0) is 21.2. The highest BCUT2D eigenvalue weighted by atomic mass is 79.9. The number of amides is 2. The van der Waals surface area contributed by atoms with Crippen molar-refractivity contribution in [3.63, 3.8) is 0 Å². The summed E-state index contributed by atoms with van der Waals surface area (Å²) >= 11 is 3.42. The van der Waals surface area contributed by atoms with Crippen LogP contribution in [0.25, 0.3) is 0 Å². The molecule has 3 aromatic carbocycles. The van der Waals surface area contributed by atoms with Gasteiger partial charge in [-0.25, -0.2) is 0 Å². The molecule has 3 aromatic rings. The van der Waals surface area contributed by atoms with Crippen molar-refractivity contribution in [1.29, 1.82) is 0 Å². The molecule has 0 bridgehead atoms. The molecule has 3 rings (SSSR count).